The van der Waals surface area contributed by atoms with Gasteiger partial charge in [0.05, 0.1) is 34.0 Å². The normalized spacial score (nSPS) is 13.9. The number of fused-ring (bicyclic) bond motifs is 1. The van der Waals surface area contributed by atoms with Crippen molar-refractivity contribution in [1.82, 2.24) is 45.2 Å². The number of piperazine rings is 1. The first-order valence-electron chi connectivity index (χ1n) is 15.6. The largest absolute Gasteiger partial charge is 0.359 e. The third kappa shape index (κ3) is 9.27. The van der Waals surface area contributed by atoms with Gasteiger partial charge >= 0.3 is 0 Å². The van der Waals surface area contributed by atoms with Crippen molar-refractivity contribution < 1.29 is 18.8 Å². The second kappa shape index (κ2) is 18.1. The Labute approximate surface area is 280 Å². The second-order valence-corrected chi connectivity index (χ2v) is 11.3. The van der Waals surface area contributed by atoms with E-state index in [1.54, 1.807) is 0 Å². The minimum atomic E-state index is -0.852. The molecule has 0 bridgehead atoms. The van der Waals surface area contributed by atoms with Crippen molar-refractivity contribution in [1.29, 1.82) is 0 Å². The molecule has 0 saturated carbocycles. The summed E-state index contributed by atoms with van der Waals surface area (Å²) in [6, 6.07) is 10.7. The quantitative estimate of drug-likeness (QED) is 0.0388. The van der Waals surface area contributed by atoms with Crippen LogP contribution >= 0.6 is 0 Å². The molecule has 16 heteroatoms. The smallest absolute Gasteiger partial charge is 0.295 e. The molecule has 1 fully saturated rings. The summed E-state index contributed by atoms with van der Waals surface area (Å²) >= 11 is 0. The highest BCUT2D eigenvalue weighted by molar-refractivity contribution is 6.45. The van der Waals surface area contributed by atoms with Gasteiger partial charge in [-0.3, -0.25) is 35.2 Å². The summed E-state index contributed by atoms with van der Waals surface area (Å²) < 4.78 is 14.8. The number of amides is 1. The number of aromatic nitrogens is 4. The summed E-state index contributed by atoms with van der Waals surface area (Å²) in [5.74, 6) is 9.66. The van der Waals surface area contributed by atoms with Gasteiger partial charge in [-0.25, -0.2) is 20.6 Å². The number of carbonyl (C=O) groups is 3. The molecule has 3 aromatic heterocycles. The van der Waals surface area contributed by atoms with Crippen molar-refractivity contribution >= 4 is 34.6 Å². The van der Waals surface area contributed by atoms with Crippen LogP contribution in [-0.2, 0) is 4.79 Å². The minimum Gasteiger partial charge on any atom is -0.359 e. The first-order chi connectivity index (χ1) is 23.0. The summed E-state index contributed by atoms with van der Waals surface area (Å²) in [4.78, 5) is 51.9. The van der Waals surface area contributed by atoms with E-state index in [1.807, 2.05) is 49.1 Å². The van der Waals surface area contributed by atoms with E-state index >= 15 is 0 Å². The monoisotopic (exact) mass is 666 g/mol. The van der Waals surface area contributed by atoms with Crippen LogP contribution in [0, 0.1) is 5.82 Å². The number of pyridine rings is 1. The van der Waals surface area contributed by atoms with E-state index < -0.39 is 23.8 Å². The Hall–Kier alpha value is -4.58. The summed E-state index contributed by atoms with van der Waals surface area (Å²) in [7, 11) is 8.35. The van der Waals surface area contributed by atoms with E-state index in [9.17, 15) is 18.8 Å². The van der Waals surface area contributed by atoms with E-state index in [-0.39, 0.29) is 46.6 Å². The van der Waals surface area contributed by atoms with Crippen LogP contribution in [0.4, 0.5) is 10.1 Å². The zero-order valence-corrected chi connectivity index (χ0v) is 28.4. The second-order valence-electron chi connectivity index (χ2n) is 11.3. The number of nitrogens with zero attached hydrogens (tertiary/aromatic N) is 7. The SMILES string of the molecule is CC.CN(C)CCN(C)C.NNC(N1CCN(C(=O)C(=O)c2c[nH]c3c(-c4cc(C=O)[nH]n4)ncc(F)c23)CC1)N(N)c1ccccc1. The van der Waals surface area contributed by atoms with E-state index in [2.05, 4.69) is 63.6 Å². The number of ketones is 1. The average molecular weight is 667 g/mol. The van der Waals surface area contributed by atoms with E-state index in [0.29, 0.717) is 19.4 Å². The number of benzene rings is 1. The Bertz CT molecular complexity index is 1610. The summed E-state index contributed by atoms with van der Waals surface area (Å²) in [6.45, 7) is 7.56. The molecule has 1 unspecified atom stereocenters. The van der Waals surface area contributed by atoms with Gasteiger partial charge in [-0.2, -0.15) is 5.10 Å². The standard InChI is InChI=1S/C24H25FN10O3.C6H16N2.C2H6/c25-17-12-29-20(18-10-14(13-36)31-32-18)21-19(17)16(11-28-21)22(37)23(38)33-6-8-34(9-7-33)24(30-26)35(27)15-4-2-1-3-5-15;1-7(2)5-6-8(3)4;1-2/h1-5,10-13,24,28,30H,6-9,26-27H2,(H,31,32);5-6H2,1-4H3;1-2H3. The number of hydrogen-bond acceptors (Lipinski definition) is 12. The number of carbonyl (C=O) groups excluding carboxylic acids is 3. The molecule has 5 rings (SSSR count). The zero-order valence-electron chi connectivity index (χ0n) is 28.4. The molecule has 1 atom stereocenters. The van der Waals surface area contributed by atoms with Crippen molar-refractivity contribution in [2.75, 3.05) is 72.5 Å². The van der Waals surface area contributed by atoms with Crippen LogP contribution in [-0.4, -0.2) is 131 Å². The number of aldehydes is 1. The minimum absolute atomic E-state index is 0.0725. The number of hydrazine groups is 2. The molecule has 48 heavy (non-hydrogen) atoms. The maximum atomic E-state index is 14.8. The maximum absolute atomic E-state index is 14.8. The number of rotatable bonds is 11. The Balaban J connectivity index is 0.000000550. The molecule has 260 valence electrons. The number of Topliss-reactive ketones (excluding diaryl/α,β-unsaturated/α-hetero) is 1. The Morgan fingerprint density at radius 3 is 2.23 bits per heavy atom. The van der Waals surface area contributed by atoms with Crippen LogP contribution in [0.2, 0.25) is 0 Å². The Morgan fingerprint density at radius 1 is 1.06 bits per heavy atom. The fourth-order valence-electron chi connectivity index (χ4n) is 4.93. The predicted octanol–water partition coefficient (Wildman–Crippen LogP) is 1.49. The van der Waals surface area contributed by atoms with E-state index in [4.69, 9.17) is 11.7 Å². The van der Waals surface area contributed by atoms with Crippen LogP contribution in [0.3, 0.4) is 0 Å². The number of para-hydroxylation sites is 1. The first kappa shape index (κ1) is 37.9. The lowest BCUT2D eigenvalue weighted by atomic mass is 10.1. The molecule has 0 aliphatic carbocycles. The lowest BCUT2D eigenvalue weighted by molar-refractivity contribution is -0.128. The Morgan fingerprint density at radius 2 is 1.69 bits per heavy atom. The van der Waals surface area contributed by atoms with Gasteiger partial charge in [0.1, 0.15) is 11.4 Å². The molecule has 1 amide bonds. The molecule has 1 aliphatic rings. The molecular formula is C32H47FN12O3. The lowest BCUT2D eigenvalue weighted by Gasteiger charge is -2.42. The van der Waals surface area contributed by atoms with Crippen LogP contribution in [0.25, 0.3) is 22.3 Å². The molecule has 1 aliphatic heterocycles. The van der Waals surface area contributed by atoms with Crippen LogP contribution in [0.1, 0.15) is 34.7 Å². The fraction of sp³-hybridized carbons (Fsp3) is 0.406. The number of H-pyrrole nitrogens is 2. The van der Waals surface area contributed by atoms with Crippen LogP contribution < -0.4 is 22.1 Å². The van der Waals surface area contributed by atoms with Gasteiger partial charge < -0.3 is 19.7 Å². The lowest BCUT2D eigenvalue weighted by Crippen LogP contribution is -2.65. The number of hydrogen-bond donors (Lipinski definition) is 5. The highest BCUT2D eigenvalue weighted by Crippen LogP contribution is 2.30. The number of anilines is 1. The highest BCUT2D eigenvalue weighted by Gasteiger charge is 2.33. The number of nitrogens with two attached hydrogens (primary N) is 2. The fourth-order valence-corrected chi connectivity index (χ4v) is 4.93. The molecule has 0 spiro atoms. The molecule has 7 N–H and O–H groups in total. The van der Waals surface area contributed by atoms with Crippen LogP contribution in [0.15, 0.2) is 48.8 Å². The van der Waals surface area contributed by atoms with Crippen molar-refractivity contribution in [3.63, 3.8) is 0 Å². The molecule has 1 aromatic carbocycles. The van der Waals surface area contributed by atoms with Gasteiger partial charge in [0.2, 0.25) is 0 Å². The van der Waals surface area contributed by atoms with Gasteiger partial charge in [0, 0.05) is 45.5 Å². The van der Waals surface area contributed by atoms with Gasteiger partial charge in [-0.05, 0) is 46.4 Å². The van der Waals surface area contributed by atoms with Gasteiger partial charge in [0.25, 0.3) is 11.7 Å². The molecule has 1 saturated heterocycles. The number of nitrogens with one attached hydrogen (secondary N) is 3. The summed E-state index contributed by atoms with van der Waals surface area (Å²) in [5, 5.41) is 7.96. The van der Waals surface area contributed by atoms with E-state index in [0.717, 1.165) is 25.0 Å². The van der Waals surface area contributed by atoms with Gasteiger partial charge in [0.15, 0.2) is 18.4 Å². The number of aromatic amines is 2. The maximum Gasteiger partial charge on any atom is 0.295 e. The molecule has 15 nitrogen and oxygen atoms in total. The third-order valence-corrected chi connectivity index (χ3v) is 7.48. The Kier molecular flexibility index (Phi) is 14.3. The molecule has 0 radical (unpaired) electrons. The molecular weight excluding hydrogens is 619 g/mol. The number of likely N-dealkylation sites (N-methyl/N-ethyl adjacent to an activating group) is 2. The van der Waals surface area contributed by atoms with Gasteiger partial charge in [-0.15, -0.1) is 0 Å². The first-order valence-corrected chi connectivity index (χ1v) is 15.6. The third-order valence-electron chi connectivity index (χ3n) is 7.48. The van der Waals surface area contributed by atoms with Crippen molar-refractivity contribution in [3.8, 4) is 11.4 Å². The molecule has 4 heterocycles. The summed E-state index contributed by atoms with van der Waals surface area (Å²) in [5.41, 5.74) is 4.24. The molecule has 4 aromatic rings. The van der Waals surface area contributed by atoms with Gasteiger partial charge in [-0.1, -0.05) is 32.0 Å². The van der Waals surface area contributed by atoms with Crippen molar-refractivity contribution in [3.05, 3.63) is 65.9 Å². The predicted molar refractivity (Wildman–Crippen MR) is 184 cm³/mol. The van der Waals surface area contributed by atoms with E-state index in [1.165, 1.54) is 22.2 Å². The average Bonchev–Trinajstić information content (AvgIpc) is 3.78. The van der Waals surface area contributed by atoms with Crippen molar-refractivity contribution in [2.45, 2.75) is 20.1 Å². The highest BCUT2D eigenvalue weighted by atomic mass is 19.1. The van der Waals surface area contributed by atoms with Crippen molar-refractivity contribution in [2.24, 2.45) is 11.7 Å². The zero-order chi connectivity index (χ0) is 35.4. The topological polar surface area (TPSA) is 189 Å². The number of halogens is 1. The summed E-state index contributed by atoms with van der Waals surface area (Å²) in [6.07, 6.45) is 2.27. The van der Waals surface area contributed by atoms with Crippen LogP contribution in [0.5, 0.6) is 0 Å².